The largest absolute Gasteiger partial charge is 0.449 e. The van der Waals surface area contributed by atoms with Gasteiger partial charge in [0.25, 0.3) is 5.91 Å². The maximum atomic E-state index is 12.6. The summed E-state index contributed by atoms with van der Waals surface area (Å²) in [7, 11) is -3.96. The van der Waals surface area contributed by atoms with Crippen LogP contribution in [0.3, 0.4) is 0 Å². The van der Waals surface area contributed by atoms with E-state index in [9.17, 15) is 18.0 Å². The second-order valence-electron chi connectivity index (χ2n) is 7.22. The molecule has 154 valence electrons. The maximum Gasteiger partial charge on any atom is 0.339 e. The fraction of sp³-hybridized carbons (Fsp3) is 0.333. The van der Waals surface area contributed by atoms with Gasteiger partial charge >= 0.3 is 5.97 Å². The number of sulfonamides is 1. The van der Waals surface area contributed by atoms with Gasteiger partial charge in [-0.25, -0.2) is 18.4 Å². The Bertz CT molecular complexity index is 1050. The van der Waals surface area contributed by atoms with Gasteiger partial charge in [0.05, 0.1) is 16.5 Å². The van der Waals surface area contributed by atoms with E-state index in [0.717, 1.165) is 30.9 Å². The topological polar surface area (TPSA) is 116 Å². The normalized spacial score (nSPS) is 17.1. The van der Waals surface area contributed by atoms with Crippen molar-refractivity contribution in [1.29, 1.82) is 0 Å². The number of nitrogens with one attached hydrogen (secondary N) is 1. The van der Waals surface area contributed by atoms with Gasteiger partial charge in [-0.2, -0.15) is 0 Å². The first-order valence-electron chi connectivity index (χ1n) is 9.39. The summed E-state index contributed by atoms with van der Waals surface area (Å²) in [5.41, 5.74) is 2.88. The number of primary sulfonamides is 1. The van der Waals surface area contributed by atoms with E-state index in [1.54, 1.807) is 6.92 Å². The molecule has 0 saturated heterocycles. The average Bonchev–Trinajstić information content (AvgIpc) is 2.67. The van der Waals surface area contributed by atoms with Crippen molar-refractivity contribution in [1.82, 2.24) is 5.32 Å². The highest BCUT2D eigenvalue weighted by Crippen LogP contribution is 2.29. The van der Waals surface area contributed by atoms with Gasteiger partial charge in [0.15, 0.2) is 6.10 Å². The van der Waals surface area contributed by atoms with Crippen LogP contribution in [0.25, 0.3) is 0 Å². The Kier molecular flexibility index (Phi) is 6.04. The highest BCUT2D eigenvalue weighted by molar-refractivity contribution is 7.89. The molecule has 0 saturated carbocycles. The fourth-order valence-electron chi connectivity index (χ4n) is 3.47. The molecular formula is C21H24N2O5S. The zero-order valence-corrected chi connectivity index (χ0v) is 17.2. The van der Waals surface area contributed by atoms with Crippen LogP contribution < -0.4 is 10.5 Å². The highest BCUT2D eigenvalue weighted by Gasteiger charge is 2.26. The molecule has 2 unspecified atom stereocenters. The summed E-state index contributed by atoms with van der Waals surface area (Å²) in [5, 5.41) is 8.07. The number of esters is 1. The van der Waals surface area contributed by atoms with Crippen LogP contribution in [0.1, 0.15) is 52.9 Å². The molecule has 1 amide bonds. The SMILES string of the molecule is Cc1ccc(S(N)(=O)=O)cc1C(=O)OC(C)C(=O)NC1CCCc2ccccc21. The lowest BCUT2D eigenvalue weighted by Gasteiger charge is -2.27. The van der Waals surface area contributed by atoms with E-state index in [4.69, 9.17) is 9.88 Å². The summed E-state index contributed by atoms with van der Waals surface area (Å²) in [5.74, 6) is -1.18. The summed E-state index contributed by atoms with van der Waals surface area (Å²) >= 11 is 0. The summed E-state index contributed by atoms with van der Waals surface area (Å²) in [6.45, 7) is 3.13. The number of nitrogens with two attached hydrogens (primary N) is 1. The van der Waals surface area contributed by atoms with Crippen LogP contribution in [-0.2, 0) is 26.0 Å². The maximum absolute atomic E-state index is 12.6. The number of carbonyl (C=O) groups is 2. The lowest BCUT2D eigenvalue weighted by Crippen LogP contribution is -2.39. The molecule has 8 heteroatoms. The molecule has 0 spiro atoms. The molecule has 0 aromatic heterocycles. The van der Waals surface area contributed by atoms with E-state index in [2.05, 4.69) is 11.4 Å². The predicted molar refractivity (Wildman–Crippen MR) is 108 cm³/mol. The second-order valence-corrected chi connectivity index (χ2v) is 8.78. The van der Waals surface area contributed by atoms with Crippen molar-refractivity contribution in [3.05, 3.63) is 64.7 Å². The first-order chi connectivity index (χ1) is 13.7. The monoisotopic (exact) mass is 416 g/mol. The minimum atomic E-state index is -3.96. The number of fused-ring (bicyclic) bond motifs is 1. The molecule has 29 heavy (non-hydrogen) atoms. The summed E-state index contributed by atoms with van der Waals surface area (Å²) in [6.07, 6.45) is 1.73. The smallest absolute Gasteiger partial charge is 0.339 e. The highest BCUT2D eigenvalue weighted by atomic mass is 32.2. The molecular weight excluding hydrogens is 392 g/mol. The summed E-state index contributed by atoms with van der Waals surface area (Å²) in [4.78, 5) is 24.9. The van der Waals surface area contributed by atoms with Gasteiger partial charge in [0, 0.05) is 0 Å². The third-order valence-corrected chi connectivity index (χ3v) is 6.01. The van der Waals surface area contributed by atoms with Gasteiger partial charge < -0.3 is 10.1 Å². The van der Waals surface area contributed by atoms with Crippen LogP contribution in [0.4, 0.5) is 0 Å². The number of hydrogen-bond donors (Lipinski definition) is 2. The van der Waals surface area contributed by atoms with Crippen molar-refractivity contribution in [2.75, 3.05) is 0 Å². The number of carbonyl (C=O) groups excluding carboxylic acids is 2. The van der Waals surface area contributed by atoms with Gasteiger partial charge in [-0.15, -0.1) is 0 Å². The van der Waals surface area contributed by atoms with Crippen LogP contribution in [0, 0.1) is 6.92 Å². The molecule has 1 aliphatic rings. The minimum Gasteiger partial charge on any atom is -0.449 e. The van der Waals surface area contributed by atoms with Crippen LogP contribution in [0.5, 0.6) is 0 Å². The van der Waals surface area contributed by atoms with Crippen molar-refractivity contribution in [2.24, 2.45) is 5.14 Å². The number of rotatable bonds is 5. The predicted octanol–water partition coefficient (Wildman–Crippen LogP) is 2.38. The molecule has 2 aromatic rings. The van der Waals surface area contributed by atoms with E-state index in [1.807, 2.05) is 18.2 Å². The zero-order valence-electron chi connectivity index (χ0n) is 16.3. The van der Waals surface area contributed by atoms with Gasteiger partial charge in [0.1, 0.15) is 0 Å². The first kappa shape index (κ1) is 21.0. The van der Waals surface area contributed by atoms with E-state index >= 15 is 0 Å². The van der Waals surface area contributed by atoms with Gasteiger partial charge in [-0.3, -0.25) is 4.79 Å². The Hall–Kier alpha value is -2.71. The standard InChI is InChI=1S/C21H24N2O5S/c1-13-10-11-16(29(22,26)27)12-18(13)21(25)28-14(2)20(24)23-19-9-5-7-15-6-3-4-8-17(15)19/h3-4,6,8,10-12,14,19H,5,7,9H2,1-2H3,(H,23,24)(H2,22,26,27). The molecule has 0 radical (unpaired) electrons. The Morgan fingerprint density at radius 1 is 1.21 bits per heavy atom. The van der Waals surface area contributed by atoms with E-state index < -0.39 is 28.0 Å². The minimum absolute atomic E-state index is 0.0548. The van der Waals surface area contributed by atoms with Crippen molar-refractivity contribution in [3.8, 4) is 0 Å². The number of aryl methyl sites for hydroxylation is 2. The Morgan fingerprint density at radius 2 is 1.93 bits per heavy atom. The second kappa shape index (κ2) is 8.34. The van der Waals surface area contributed by atoms with Gasteiger partial charge in [0.2, 0.25) is 10.0 Å². The third kappa shape index (κ3) is 4.83. The third-order valence-electron chi connectivity index (χ3n) is 5.10. The molecule has 3 N–H and O–H groups in total. The Morgan fingerprint density at radius 3 is 2.66 bits per heavy atom. The molecule has 0 aliphatic heterocycles. The van der Waals surface area contributed by atoms with Crippen LogP contribution >= 0.6 is 0 Å². The lowest BCUT2D eigenvalue weighted by molar-refractivity contribution is -0.130. The van der Waals surface area contributed by atoms with Crippen molar-refractivity contribution >= 4 is 21.9 Å². The number of hydrogen-bond acceptors (Lipinski definition) is 5. The Labute approximate surface area is 170 Å². The number of benzene rings is 2. The van der Waals surface area contributed by atoms with Crippen LogP contribution in [-0.4, -0.2) is 26.4 Å². The molecule has 0 fully saturated rings. The zero-order chi connectivity index (χ0) is 21.2. The molecule has 0 bridgehead atoms. The average molecular weight is 416 g/mol. The molecule has 3 rings (SSSR count). The Balaban J connectivity index is 1.70. The molecule has 7 nitrogen and oxygen atoms in total. The molecule has 1 aliphatic carbocycles. The molecule has 0 heterocycles. The van der Waals surface area contributed by atoms with E-state index in [1.165, 1.54) is 24.6 Å². The molecule has 2 aromatic carbocycles. The van der Waals surface area contributed by atoms with E-state index in [-0.39, 0.29) is 16.5 Å². The fourth-order valence-corrected chi connectivity index (χ4v) is 4.01. The summed E-state index contributed by atoms with van der Waals surface area (Å²) < 4.78 is 28.4. The quantitative estimate of drug-likeness (QED) is 0.726. The van der Waals surface area contributed by atoms with Crippen LogP contribution in [0.15, 0.2) is 47.4 Å². The lowest BCUT2D eigenvalue weighted by atomic mass is 9.87. The number of ether oxygens (including phenoxy) is 1. The molecule has 2 atom stereocenters. The first-order valence-corrected chi connectivity index (χ1v) is 10.9. The van der Waals surface area contributed by atoms with Crippen molar-refractivity contribution in [2.45, 2.75) is 50.2 Å². The van der Waals surface area contributed by atoms with Crippen molar-refractivity contribution < 1.29 is 22.7 Å². The van der Waals surface area contributed by atoms with Gasteiger partial charge in [-0.05, 0) is 61.9 Å². The van der Waals surface area contributed by atoms with Crippen LogP contribution in [0.2, 0.25) is 0 Å². The van der Waals surface area contributed by atoms with Gasteiger partial charge in [-0.1, -0.05) is 30.3 Å². The number of amides is 1. The van der Waals surface area contributed by atoms with Crippen molar-refractivity contribution in [3.63, 3.8) is 0 Å². The summed E-state index contributed by atoms with van der Waals surface area (Å²) in [6, 6.07) is 11.8. The van der Waals surface area contributed by atoms with E-state index in [0.29, 0.717) is 5.56 Å².